The molecule has 3 N–H and O–H groups in total. The lowest BCUT2D eigenvalue weighted by Gasteiger charge is -2.22. The van der Waals surface area contributed by atoms with Crippen molar-refractivity contribution in [2.45, 2.75) is 38.1 Å². The summed E-state index contributed by atoms with van der Waals surface area (Å²) in [6.45, 7) is 2.50. The molecule has 2 rings (SSSR count). The maximum atomic E-state index is 11.8. The predicted octanol–water partition coefficient (Wildman–Crippen LogP) is 0.657. The van der Waals surface area contributed by atoms with Crippen LogP contribution in [0, 0.1) is 11.8 Å². The third-order valence-electron chi connectivity index (χ3n) is 3.75. The number of carbonyl (C=O) groups is 1. The summed E-state index contributed by atoms with van der Waals surface area (Å²) in [5, 5.41) is 3.06. The molecule has 1 amide bonds. The molecule has 0 aromatic rings. The van der Waals surface area contributed by atoms with E-state index in [9.17, 15) is 4.79 Å². The molecule has 1 saturated carbocycles. The molecule has 1 aliphatic heterocycles. The van der Waals surface area contributed by atoms with Gasteiger partial charge in [-0.2, -0.15) is 0 Å². The zero-order chi connectivity index (χ0) is 11.4. The number of hydrogen-bond donors (Lipinski definition) is 2. The standard InChI is InChI=1S/C12H22N2O2/c13-11-2-1-10(7-11)12(15)14-8-9-3-5-16-6-4-9/h9-11H,1-8,13H2,(H,14,15). The fraction of sp³-hybridized carbons (Fsp3) is 0.917. The van der Waals surface area contributed by atoms with Gasteiger partial charge in [-0.1, -0.05) is 0 Å². The molecule has 4 heteroatoms. The molecule has 2 atom stereocenters. The van der Waals surface area contributed by atoms with E-state index in [0.29, 0.717) is 5.92 Å². The van der Waals surface area contributed by atoms with Gasteiger partial charge in [-0.15, -0.1) is 0 Å². The fourth-order valence-corrected chi connectivity index (χ4v) is 2.59. The lowest BCUT2D eigenvalue weighted by Crippen LogP contribution is -2.35. The van der Waals surface area contributed by atoms with Crippen molar-refractivity contribution in [3.63, 3.8) is 0 Å². The third-order valence-corrected chi connectivity index (χ3v) is 3.75. The van der Waals surface area contributed by atoms with E-state index in [-0.39, 0.29) is 17.9 Å². The molecule has 1 heterocycles. The highest BCUT2D eigenvalue weighted by molar-refractivity contribution is 5.78. The van der Waals surface area contributed by atoms with Crippen molar-refractivity contribution in [3.8, 4) is 0 Å². The Balaban J connectivity index is 1.67. The first-order valence-corrected chi connectivity index (χ1v) is 6.36. The Bertz CT molecular complexity index is 239. The van der Waals surface area contributed by atoms with E-state index in [1.165, 1.54) is 0 Å². The number of amides is 1. The van der Waals surface area contributed by atoms with Gasteiger partial charge in [0, 0.05) is 31.7 Å². The summed E-state index contributed by atoms with van der Waals surface area (Å²) < 4.78 is 5.29. The number of rotatable bonds is 3. The van der Waals surface area contributed by atoms with Crippen LogP contribution in [0.1, 0.15) is 32.1 Å². The molecule has 2 unspecified atom stereocenters. The van der Waals surface area contributed by atoms with Crippen molar-refractivity contribution >= 4 is 5.91 Å². The first-order valence-electron chi connectivity index (χ1n) is 6.36. The molecule has 1 saturated heterocycles. The number of ether oxygens (including phenoxy) is 1. The van der Waals surface area contributed by atoms with Gasteiger partial charge in [-0.25, -0.2) is 0 Å². The molecule has 0 aromatic carbocycles. The van der Waals surface area contributed by atoms with Gasteiger partial charge in [0.15, 0.2) is 0 Å². The second-order valence-corrected chi connectivity index (χ2v) is 5.07. The Labute approximate surface area is 96.9 Å². The molecule has 0 spiro atoms. The van der Waals surface area contributed by atoms with Crippen LogP contribution in [-0.2, 0) is 9.53 Å². The first-order chi connectivity index (χ1) is 7.75. The van der Waals surface area contributed by atoms with Gasteiger partial charge in [-0.3, -0.25) is 4.79 Å². The normalized spacial score (nSPS) is 31.6. The van der Waals surface area contributed by atoms with Crippen molar-refractivity contribution in [1.82, 2.24) is 5.32 Å². The molecule has 1 aliphatic carbocycles. The largest absolute Gasteiger partial charge is 0.381 e. The first kappa shape index (κ1) is 11.9. The minimum atomic E-state index is 0.162. The summed E-state index contributed by atoms with van der Waals surface area (Å²) >= 11 is 0. The van der Waals surface area contributed by atoms with Crippen LogP contribution >= 0.6 is 0 Å². The summed E-state index contributed by atoms with van der Waals surface area (Å²) in [7, 11) is 0. The van der Waals surface area contributed by atoms with Gasteiger partial charge in [0.05, 0.1) is 0 Å². The van der Waals surface area contributed by atoms with Crippen LogP contribution < -0.4 is 11.1 Å². The van der Waals surface area contributed by atoms with E-state index in [2.05, 4.69) is 5.32 Å². The minimum absolute atomic E-state index is 0.162. The van der Waals surface area contributed by atoms with Gasteiger partial charge in [0.2, 0.25) is 5.91 Å². The molecule has 2 fully saturated rings. The molecule has 0 bridgehead atoms. The highest BCUT2D eigenvalue weighted by Gasteiger charge is 2.28. The maximum absolute atomic E-state index is 11.8. The van der Waals surface area contributed by atoms with E-state index in [0.717, 1.165) is 51.9 Å². The van der Waals surface area contributed by atoms with Gasteiger partial charge in [0.1, 0.15) is 0 Å². The maximum Gasteiger partial charge on any atom is 0.223 e. The number of nitrogens with two attached hydrogens (primary N) is 1. The molecule has 0 aromatic heterocycles. The van der Waals surface area contributed by atoms with Crippen LogP contribution in [-0.4, -0.2) is 31.7 Å². The molecular formula is C12H22N2O2. The lowest BCUT2D eigenvalue weighted by atomic mass is 9.99. The van der Waals surface area contributed by atoms with Crippen molar-refractivity contribution in [3.05, 3.63) is 0 Å². The van der Waals surface area contributed by atoms with Gasteiger partial charge < -0.3 is 15.8 Å². The van der Waals surface area contributed by atoms with Crippen molar-refractivity contribution < 1.29 is 9.53 Å². The summed E-state index contributed by atoms with van der Waals surface area (Å²) in [5.74, 6) is 0.974. The second-order valence-electron chi connectivity index (χ2n) is 5.07. The number of carbonyl (C=O) groups excluding carboxylic acids is 1. The topological polar surface area (TPSA) is 64.4 Å². The summed E-state index contributed by atoms with van der Waals surface area (Å²) in [6, 6.07) is 0.235. The van der Waals surface area contributed by atoms with E-state index < -0.39 is 0 Å². The van der Waals surface area contributed by atoms with Crippen molar-refractivity contribution in [1.29, 1.82) is 0 Å². The van der Waals surface area contributed by atoms with Crippen LogP contribution in [0.4, 0.5) is 0 Å². The Morgan fingerprint density at radius 1 is 1.25 bits per heavy atom. The Hall–Kier alpha value is -0.610. The van der Waals surface area contributed by atoms with E-state index in [4.69, 9.17) is 10.5 Å². The van der Waals surface area contributed by atoms with Crippen LogP contribution in [0.15, 0.2) is 0 Å². The number of hydrogen-bond acceptors (Lipinski definition) is 3. The zero-order valence-corrected chi connectivity index (χ0v) is 9.78. The molecule has 4 nitrogen and oxygen atoms in total. The summed E-state index contributed by atoms with van der Waals surface area (Å²) in [6.07, 6.45) is 4.96. The SMILES string of the molecule is NC1CCC(C(=O)NCC2CCOCC2)C1. The Morgan fingerprint density at radius 3 is 2.62 bits per heavy atom. The van der Waals surface area contributed by atoms with Crippen LogP contribution in [0.25, 0.3) is 0 Å². The van der Waals surface area contributed by atoms with E-state index >= 15 is 0 Å². The molecule has 0 radical (unpaired) electrons. The summed E-state index contributed by atoms with van der Waals surface area (Å²) in [5.41, 5.74) is 5.81. The molecular weight excluding hydrogens is 204 g/mol. The third kappa shape index (κ3) is 3.19. The Kier molecular flexibility index (Phi) is 4.18. The van der Waals surface area contributed by atoms with Crippen molar-refractivity contribution in [2.24, 2.45) is 17.6 Å². The fourth-order valence-electron chi connectivity index (χ4n) is 2.59. The lowest BCUT2D eigenvalue weighted by molar-refractivity contribution is -0.125. The average Bonchev–Trinajstić information content (AvgIpc) is 2.74. The van der Waals surface area contributed by atoms with Crippen LogP contribution in [0.5, 0.6) is 0 Å². The summed E-state index contributed by atoms with van der Waals surface area (Å²) in [4.78, 5) is 11.8. The highest BCUT2D eigenvalue weighted by Crippen LogP contribution is 2.24. The predicted molar refractivity (Wildman–Crippen MR) is 61.9 cm³/mol. The van der Waals surface area contributed by atoms with Gasteiger partial charge >= 0.3 is 0 Å². The minimum Gasteiger partial charge on any atom is -0.381 e. The number of nitrogens with one attached hydrogen (secondary N) is 1. The van der Waals surface area contributed by atoms with Gasteiger partial charge in [0.25, 0.3) is 0 Å². The monoisotopic (exact) mass is 226 g/mol. The van der Waals surface area contributed by atoms with Gasteiger partial charge in [-0.05, 0) is 38.0 Å². The van der Waals surface area contributed by atoms with Crippen molar-refractivity contribution in [2.75, 3.05) is 19.8 Å². The average molecular weight is 226 g/mol. The smallest absolute Gasteiger partial charge is 0.223 e. The van der Waals surface area contributed by atoms with E-state index in [1.807, 2.05) is 0 Å². The molecule has 16 heavy (non-hydrogen) atoms. The molecule has 92 valence electrons. The highest BCUT2D eigenvalue weighted by atomic mass is 16.5. The quantitative estimate of drug-likeness (QED) is 0.743. The Morgan fingerprint density at radius 2 is 2.00 bits per heavy atom. The van der Waals surface area contributed by atoms with E-state index in [1.54, 1.807) is 0 Å². The van der Waals surface area contributed by atoms with Crippen LogP contribution in [0.3, 0.4) is 0 Å². The molecule has 2 aliphatic rings. The second kappa shape index (κ2) is 5.64. The zero-order valence-electron chi connectivity index (χ0n) is 9.78. The van der Waals surface area contributed by atoms with Crippen LogP contribution in [0.2, 0.25) is 0 Å².